The maximum atomic E-state index is 11.7. The SMILES string of the molecule is C=C(C)CN=c1scc(-c2ccc3c(c2)NC(=O)CO3)n1N=C(C)c1ccc(OC)cc1. The molecule has 0 unspecified atom stereocenters. The third kappa shape index (κ3) is 4.65. The molecule has 0 bridgehead atoms. The third-order valence-corrected chi connectivity index (χ3v) is 5.69. The van der Waals surface area contributed by atoms with Gasteiger partial charge in [0.05, 0.1) is 30.7 Å². The number of thiazole rings is 1. The summed E-state index contributed by atoms with van der Waals surface area (Å²) in [4.78, 5) is 17.2. The summed E-state index contributed by atoms with van der Waals surface area (Å²) >= 11 is 1.50. The average Bonchev–Trinajstić information content (AvgIpc) is 3.19. The van der Waals surface area contributed by atoms with Crippen LogP contribution in [0.15, 0.2) is 70.1 Å². The zero-order valence-electron chi connectivity index (χ0n) is 18.2. The van der Waals surface area contributed by atoms with E-state index in [9.17, 15) is 4.79 Å². The molecule has 1 aliphatic rings. The van der Waals surface area contributed by atoms with E-state index in [1.165, 1.54) is 11.3 Å². The summed E-state index contributed by atoms with van der Waals surface area (Å²) in [6, 6.07) is 13.5. The molecule has 0 spiro atoms. The van der Waals surface area contributed by atoms with E-state index in [-0.39, 0.29) is 12.5 Å². The first-order chi connectivity index (χ1) is 15.4. The van der Waals surface area contributed by atoms with Gasteiger partial charge in [-0.2, -0.15) is 5.10 Å². The summed E-state index contributed by atoms with van der Waals surface area (Å²) in [5, 5.41) is 9.76. The number of rotatable bonds is 6. The second kappa shape index (κ2) is 9.23. The van der Waals surface area contributed by atoms with Crippen molar-refractivity contribution in [3.63, 3.8) is 0 Å². The first-order valence-corrected chi connectivity index (χ1v) is 10.9. The van der Waals surface area contributed by atoms with Crippen molar-refractivity contribution in [1.29, 1.82) is 0 Å². The molecular weight excluding hydrogens is 424 g/mol. The number of methoxy groups -OCH3 is 1. The lowest BCUT2D eigenvalue weighted by Crippen LogP contribution is -2.25. The van der Waals surface area contributed by atoms with Gasteiger partial charge in [0.2, 0.25) is 4.80 Å². The van der Waals surface area contributed by atoms with Gasteiger partial charge in [-0.05, 0) is 61.9 Å². The van der Waals surface area contributed by atoms with Crippen molar-refractivity contribution < 1.29 is 14.3 Å². The van der Waals surface area contributed by atoms with Gasteiger partial charge < -0.3 is 14.8 Å². The molecule has 2 aromatic carbocycles. The van der Waals surface area contributed by atoms with Crippen LogP contribution in [0.3, 0.4) is 0 Å². The summed E-state index contributed by atoms with van der Waals surface area (Å²) in [7, 11) is 1.64. The van der Waals surface area contributed by atoms with E-state index in [0.29, 0.717) is 18.0 Å². The highest BCUT2D eigenvalue weighted by molar-refractivity contribution is 7.07. The minimum Gasteiger partial charge on any atom is -0.497 e. The summed E-state index contributed by atoms with van der Waals surface area (Å²) in [5.41, 5.74) is 5.19. The Labute approximate surface area is 190 Å². The van der Waals surface area contributed by atoms with Crippen LogP contribution in [0.25, 0.3) is 11.3 Å². The summed E-state index contributed by atoms with van der Waals surface area (Å²) in [6.45, 7) is 8.39. The number of benzene rings is 2. The molecular formula is C24H24N4O3S. The number of amides is 1. The number of carbonyl (C=O) groups is 1. The maximum absolute atomic E-state index is 11.7. The lowest BCUT2D eigenvalue weighted by molar-refractivity contribution is -0.118. The topological polar surface area (TPSA) is 77.2 Å². The number of nitrogens with zero attached hydrogens (tertiary/aromatic N) is 3. The van der Waals surface area contributed by atoms with Crippen LogP contribution in [-0.4, -0.2) is 36.6 Å². The third-order valence-electron chi connectivity index (χ3n) is 4.84. The Morgan fingerprint density at radius 3 is 2.75 bits per heavy atom. The van der Waals surface area contributed by atoms with E-state index in [1.807, 2.05) is 66.4 Å². The second-order valence-corrected chi connectivity index (χ2v) is 8.29. The maximum Gasteiger partial charge on any atom is 0.262 e. The molecule has 164 valence electrons. The van der Waals surface area contributed by atoms with E-state index in [2.05, 4.69) is 16.9 Å². The Balaban J connectivity index is 1.80. The van der Waals surface area contributed by atoms with Crippen molar-refractivity contribution in [2.45, 2.75) is 13.8 Å². The molecule has 3 aromatic rings. The fourth-order valence-corrected chi connectivity index (χ4v) is 4.02. The van der Waals surface area contributed by atoms with Crippen molar-refractivity contribution in [3.8, 4) is 22.8 Å². The first-order valence-electron chi connectivity index (χ1n) is 10.1. The van der Waals surface area contributed by atoms with E-state index in [0.717, 1.165) is 38.7 Å². The lowest BCUT2D eigenvalue weighted by Gasteiger charge is -2.18. The highest BCUT2D eigenvalue weighted by atomic mass is 32.1. The van der Waals surface area contributed by atoms with Gasteiger partial charge in [0, 0.05) is 10.9 Å². The minimum absolute atomic E-state index is 0.0279. The predicted octanol–water partition coefficient (Wildman–Crippen LogP) is 4.31. The predicted molar refractivity (Wildman–Crippen MR) is 128 cm³/mol. The molecule has 1 amide bonds. The normalized spacial score (nSPS) is 13.9. The van der Waals surface area contributed by atoms with Crippen LogP contribution in [-0.2, 0) is 4.79 Å². The summed E-state index contributed by atoms with van der Waals surface area (Å²) < 4.78 is 12.6. The van der Waals surface area contributed by atoms with Crippen LogP contribution in [0.2, 0.25) is 0 Å². The van der Waals surface area contributed by atoms with Gasteiger partial charge in [0.1, 0.15) is 11.5 Å². The second-order valence-electron chi connectivity index (χ2n) is 7.45. The van der Waals surface area contributed by atoms with E-state index < -0.39 is 0 Å². The van der Waals surface area contributed by atoms with Gasteiger partial charge in [-0.1, -0.05) is 12.2 Å². The van der Waals surface area contributed by atoms with Crippen LogP contribution in [0.1, 0.15) is 19.4 Å². The standard InChI is InChI=1S/C24H24N4O3S/c1-15(2)12-25-24-28(27-16(3)17-5-8-19(30-4)9-6-17)21(14-32-24)18-7-10-22-20(11-18)26-23(29)13-31-22/h5-11,14H,1,12-13H2,2-4H3,(H,26,29). The molecule has 1 aliphatic heterocycles. The molecule has 4 rings (SSSR count). The van der Waals surface area contributed by atoms with Crippen LogP contribution in [0, 0.1) is 0 Å². The summed E-state index contributed by atoms with van der Waals surface area (Å²) in [6.07, 6.45) is 0. The molecule has 1 aromatic heterocycles. The van der Waals surface area contributed by atoms with Crippen molar-refractivity contribution in [2.75, 3.05) is 25.6 Å². The van der Waals surface area contributed by atoms with Crippen LogP contribution in [0.4, 0.5) is 5.69 Å². The molecule has 0 saturated carbocycles. The van der Waals surface area contributed by atoms with E-state index in [1.54, 1.807) is 7.11 Å². The van der Waals surface area contributed by atoms with Crippen LogP contribution < -0.4 is 19.6 Å². The molecule has 8 heteroatoms. The fourth-order valence-electron chi connectivity index (χ4n) is 3.19. The van der Waals surface area contributed by atoms with Gasteiger partial charge in [-0.15, -0.1) is 11.3 Å². The molecule has 7 nitrogen and oxygen atoms in total. The number of nitrogens with one attached hydrogen (secondary N) is 1. The molecule has 0 radical (unpaired) electrons. The largest absolute Gasteiger partial charge is 0.497 e. The Kier molecular flexibility index (Phi) is 6.23. The Bertz CT molecular complexity index is 1270. The molecule has 0 fully saturated rings. The zero-order chi connectivity index (χ0) is 22.7. The molecule has 1 N–H and O–H groups in total. The Hall–Kier alpha value is -3.65. The van der Waals surface area contributed by atoms with Crippen molar-refractivity contribution >= 4 is 28.6 Å². The van der Waals surface area contributed by atoms with E-state index >= 15 is 0 Å². The molecule has 0 saturated heterocycles. The van der Waals surface area contributed by atoms with Crippen LogP contribution in [0.5, 0.6) is 11.5 Å². The number of carbonyl (C=O) groups excluding carboxylic acids is 1. The highest BCUT2D eigenvalue weighted by Gasteiger charge is 2.18. The number of fused-ring (bicyclic) bond motifs is 1. The molecule has 2 heterocycles. The zero-order valence-corrected chi connectivity index (χ0v) is 19.0. The van der Waals surface area contributed by atoms with Gasteiger partial charge in [-0.3, -0.25) is 9.79 Å². The van der Waals surface area contributed by atoms with Crippen molar-refractivity contribution in [1.82, 2.24) is 4.68 Å². The number of hydrogen-bond acceptors (Lipinski definition) is 6. The molecule has 0 atom stereocenters. The fraction of sp³-hybridized carbons (Fsp3) is 0.208. The van der Waals surface area contributed by atoms with E-state index in [4.69, 9.17) is 14.6 Å². The van der Waals surface area contributed by atoms with Crippen LogP contribution >= 0.6 is 11.3 Å². The lowest BCUT2D eigenvalue weighted by atomic mass is 10.1. The number of hydrogen-bond donors (Lipinski definition) is 1. The number of anilines is 1. The highest BCUT2D eigenvalue weighted by Crippen LogP contribution is 2.33. The van der Waals surface area contributed by atoms with Gasteiger partial charge >= 0.3 is 0 Å². The Morgan fingerprint density at radius 2 is 2.03 bits per heavy atom. The number of ether oxygens (including phenoxy) is 2. The van der Waals surface area contributed by atoms with Gasteiger partial charge in [0.25, 0.3) is 5.91 Å². The minimum atomic E-state index is -0.168. The quantitative estimate of drug-likeness (QED) is 0.451. The van der Waals surface area contributed by atoms with Gasteiger partial charge in [-0.25, -0.2) is 4.68 Å². The smallest absolute Gasteiger partial charge is 0.262 e. The van der Waals surface area contributed by atoms with Crippen molar-refractivity contribution in [3.05, 3.63) is 70.4 Å². The van der Waals surface area contributed by atoms with Gasteiger partial charge in [0.15, 0.2) is 6.61 Å². The first kappa shape index (κ1) is 21.6. The van der Waals surface area contributed by atoms with Crippen molar-refractivity contribution in [2.24, 2.45) is 10.1 Å². The molecule has 0 aliphatic carbocycles. The monoisotopic (exact) mass is 448 g/mol. The Morgan fingerprint density at radius 1 is 1.25 bits per heavy atom. The summed E-state index contributed by atoms with van der Waals surface area (Å²) in [5.74, 6) is 1.28. The average molecular weight is 449 g/mol. The molecule has 32 heavy (non-hydrogen) atoms. The number of aromatic nitrogens is 1.